The van der Waals surface area contributed by atoms with Gasteiger partial charge in [-0.25, -0.2) is 0 Å². The number of nitrogens with one attached hydrogen (secondary N) is 1. The molecule has 19 heavy (non-hydrogen) atoms. The van der Waals surface area contributed by atoms with Crippen LogP contribution in [0.25, 0.3) is 0 Å². The normalized spacial score (nSPS) is 24.3. The maximum atomic E-state index is 12.4. The highest BCUT2D eigenvalue weighted by atomic mass is 32.1. The molecule has 0 atom stereocenters. The molecule has 2 rings (SSSR count). The minimum atomic E-state index is -0.555. The molecule has 0 aromatic rings. The average Bonchev–Trinajstić information content (AvgIpc) is 2.88. The third-order valence-electron chi connectivity index (χ3n) is 4.75. The van der Waals surface area contributed by atoms with Gasteiger partial charge in [0.25, 0.3) is 0 Å². The second-order valence-corrected chi connectivity index (χ2v) is 6.55. The van der Waals surface area contributed by atoms with Gasteiger partial charge in [-0.3, -0.25) is 4.79 Å². The Morgan fingerprint density at radius 3 is 2.47 bits per heavy atom. The number of thiocarbonyl (C=S) groups is 1. The summed E-state index contributed by atoms with van der Waals surface area (Å²) in [4.78, 5) is 15.1. The minimum Gasteiger partial charge on any atom is -0.392 e. The molecule has 1 heterocycles. The zero-order valence-electron chi connectivity index (χ0n) is 11.8. The Kier molecular flexibility index (Phi) is 4.79. The van der Waals surface area contributed by atoms with Gasteiger partial charge in [-0.15, -0.1) is 0 Å². The Morgan fingerprint density at radius 1 is 1.37 bits per heavy atom. The highest BCUT2D eigenvalue weighted by Gasteiger charge is 2.43. The van der Waals surface area contributed by atoms with Crippen LogP contribution < -0.4 is 11.1 Å². The van der Waals surface area contributed by atoms with Gasteiger partial charge in [-0.2, -0.15) is 0 Å². The summed E-state index contributed by atoms with van der Waals surface area (Å²) in [6, 6.07) is 0. The van der Waals surface area contributed by atoms with Crippen molar-refractivity contribution in [3.63, 3.8) is 0 Å². The highest BCUT2D eigenvalue weighted by molar-refractivity contribution is 7.80. The van der Waals surface area contributed by atoms with E-state index >= 15 is 0 Å². The number of carbonyl (C=O) groups is 1. The van der Waals surface area contributed by atoms with E-state index in [1.807, 2.05) is 0 Å². The first-order valence-electron chi connectivity index (χ1n) is 7.31. The van der Waals surface area contributed by atoms with Gasteiger partial charge in [-0.1, -0.05) is 25.1 Å². The highest BCUT2D eigenvalue weighted by Crippen LogP contribution is 2.38. The van der Waals surface area contributed by atoms with Crippen molar-refractivity contribution in [3.05, 3.63) is 0 Å². The number of rotatable bonds is 4. The monoisotopic (exact) mass is 283 g/mol. The Labute approximate surface area is 121 Å². The van der Waals surface area contributed by atoms with Crippen LogP contribution in [0.1, 0.15) is 38.5 Å². The Balaban J connectivity index is 1.85. The van der Waals surface area contributed by atoms with Crippen LogP contribution in [0, 0.1) is 11.3 Å². The van der Waals surface area contributed by atoms with Crippen LogP contribution in [0.5, 0.6) is 0 Å². The molecule has 5 heteroatoms. The van der Waals surface area contributed by atoms with Gasteiger partial charge in [-0.05, 0) is 51.7 Å². The maximum Gasteiger partial charge on any atom is 0.233 e. The maximum absolute atomic E-state index is 12.4. The van der Waals surface area contributed by atoms with E-state index in [0.717, 1.165) is 58.2 Å². The van der Waals surface area contributed by atoms with E-state index in [4.69, 9.17) is 18.0 Å². The molecule has 0 aromatic carbocycles. The first kappa shape index (κ1) is 14.7. The summed E-state index contributed by atoms with van der Waals surface area (Å²) in [6.07, 6.45) is 6.08. The zero-order chi connectivity index (χ0) is 13.9. The summed E-state index contributed by atoms with van der Waals surface area (Å²) in [5.74, 6) is 0.668. The van der Waals surface area contributed by atoms with Gasteiger partial charge in [0.1, 0.15) is 0 Å². The molecular weight excluding hydrogens is 258 g/mol. The van der Waals surface area contributed by atoms with E-state index in [-0.39, 0.29) is 5.91 Å². The van der Waals surface area contributed by atoms with Gasteiger partial charge < -0.3 is 16.0 Å². The van der Waals surface area contributed by atoms with E-state index in [0.29, 0.717) is 10.9 Å². The van der Waals surface area contributed by atoms with Gasteiger partial charge in [0.2, 0.25) is 5.91 Å². The van der Waals surface area contributed by atoms with Gasteiger partial charge >= 0.3 is 0 Å². The number of piperidine rings is 1. The van der Waals surface area contributed by atoms with Crippen LogP contribution in [-0.2, 0) is 4.79 Å². The second-order valence-electron chi connectivity index (χ2n) is 6.11. The lowest BCUT2D eigenvalue weighted by Crippen LogP contribution is -2.48. The molecule has 2 aliphatic rings. The van der Waals surface area contributed by atoms with Crippen LogP contribution in [0.3, 0.4) is 0 Å². The largest absolute Gasteiger partial charge is 0.392 e. The van der Waals surface area contributed by atoms with Crippen LogP contribution in [0.2, 0.25) is 0 Å². The number of nitrogens with two attached hydrogens (primary N) is 1. The van der Waals surface area contributed by atoms with Crippen molar-refractivity contribution in [3.8, 4) is 0 Å². The fourth-order valence-corrected chi connectivity index (χ4v) is 3.53. The number of hydrogen-bond acceptors (Lipinski definition) is 3. The molecule has 1 amide bonds. The number of amides is 1. The molecule has 2 fully saturated rings. The van der Waals surface area contributed by atoms with Crippen molar-refractivity contribution in [1.82, 2.24) is 10.2 Å². The van der Waals surface area contributed by atoms with Crippen molar-refractivity contribution < 1.29 is 4.79 Å². The summed E-state index contributed by atoms with van der Waals surface area (Å²) in [5, 5.41) is 3.11. The lowest BCUT2D eigenvalue weighted by atomic mass is 9.84. The minimum absolute atomic E-state index is 0.0661. The predicted octanol–water partition coefficient (Wildman–Crippen LogP) is 1.29. The van der Waals surface area contributed by atoms with E-state index < -0.39 is 5.41 Å². The van der Waals surface area contributed by atoms with Gasteiger partial charge in [0.05, 0.1) is 10.4 Å². The summed E-state index contributed by atoms with van der Waals surface area (Å²) >= 11 is 5.14. The average molecular weight is 283 g/mol. The lowest BCUT2D eigenvalue weighted by Gasteiger charge is -2.31. The predicted molar refractivity (Wildman–Crippen MR) is 80.9 cm³/mol. The summed E-state index contributed by atoms with van der Waals surface area (Å²) in [6.45, 7) is 3.03. The smallest absolute Gasteiger partial charge is 0.233 e. The SMILES string of the molecule is CN1CCC(CNC(=O)C2(C(N)=S)CCCC2)CC1. The third-order valence-corrected chi connectivity index (χ3v) is 5.14. The lowest BCUT2D eigenvalue weighted by molar-refractivity contribution is -0.127. The fourth-order valence-electron chi connectivity index (χ4n) is 3.24. The van der Waals surface area contributed by atoms with E-state index in [1.54, 1.807) is 0 Å². The molecule has 1 saturated heterocycles. The molecule has 3 N–H and O–H groups in total. The van der Waals surface area contributed by atoms with Crippen molar-refractivity contribution in [2.24, 2.45) is 17.1 Å². The van der Waals surface area contributed by atoms with Gasteiger partial charge in [0, 0.05) is 6.54 Å². The Morgan fingerprint density at radius 2 is 1.95 bits per heavy atom. The molecule has 0 bridgehead atoms. The number of likely N-dealkylation sites (tertiary alicyclic amines) is 1. The molecule has 0 aromatic heterocycles. The first-order valence-corrected chi connectivity index (χ1v) is 7.72. The summed E-state index contributed by atoms with van der Waals surface area (Å²) in [7, 11) is 2.15. The molecule has 4 nitrogen and oxygen atoms in total. The van der Waals surface area contributed by atoms with E-state index in [9.17, 15) is 4.79 Å². The quantitative estimate of drug-likeness (QED) is 0.763. The van der Waals surface area contributed by atoms with Gasteiger partial charge in [0.15, 0.2) is 0 Å². The molecule has 1 aliphatic heterocycles. The topological polar surface area (TPSA) is 58.4 Å². The molecule has 0 radical (unpaired) electrons. The number of hydrogen-bond donors (Lipinski definition) is 2. The third kappa shape index (κ3) is 3.26. The van der Waals surface area contributed by atoms with Crippen molar-refractivity contribution >= 4 is 23.1 Å². The molecule has 0 unspecified atom stereocenters. The molecule has 1 saturated carbocycles. The van der Waals surface area contributed by atoms with Crippen LogP contribution >= 0.6 is 12.2 Å². The van der Waals surface area contributed by atoms with Crippen LogP contribution in [-0.4, -0.2) is 42.5 Å². The molecule has 1 aliphatic carbocycles. The molecule has 0 spiro atoms. The first-order chi connectivity index (χ1) is 9.04. The summed E-state index contributed by atoms with van der Waals surface area (Å²) in [5.41, 5.74) is 5.27. The summed E-state index contributed by atoms with van der Waals surface area (Å²) < 4.78 is 0. The molecular formula is C14H25N3OS. The van der Waals surface area contributed by atoms with E-state index in [2.05, 4.69) is 17.3 Å². The van der Waals surface area contributed by atoms with Crippen LogP contribution in [0.4, 0.5) is 0 Å². The van der Waals surface area contributed by atoms with E-state index in [1.165, 1.54) is 0 Å². The second kappa shape index (κ2) is 6.18. The number of carbonyl (C=O) groups excluding carboxylic acids is 1. The standard InChI is InChI=1S/C14H25N3OS/c1-17-8-4-11(5-9-17)10-16-13(18)14(12(15)19)6-2-3-7-14/h11H,2-10H2,1H3,(H2,15,19)(H,16,18). The Bertz CT molecular complexity index is 345. The van der Waals surface area contributed by atoms with Crippen molar-refractivity contribution in [2.75, 3.05) is 26.7 Å². The van der Waals surface area contributed by atoms with Crippen molar-refractivity contribution in [2.45, 2.75) is 38.5 Å². The van der Waals surface area contributed by atoms with Crippen LogP contribution in [0.15, 0.2) is 0 Å². The zero-order valence-corrected chi connectivity index (χ0v) is 12.6. The fraction of sp³-hybridized carbons (Fsp3) is 0.857. The molecule has 108 valence electrons. The Hall–Kier alpha value is -0.680. The van der Waals surface area contributed by atoms with Crippen molar-refractivity contribution in [1.29, 1.82) is 0 Å². The number of nitrogens with zero attached hydrogens (tertiary/aromatic N) is 1.